The number of benzene rings is 1. The predicted molar refractivity (Wildman–Crippen MR) is 66.8 cm³/mol. The second-order valence-corrected chi connectivity index (χ2v) is 4.63. The topological polar surface area (TPSA) is 21.3 Å². The molecular formula is C14H21NO. The maximum atomic E-state index is 5.34. The molecule has 0 amide bonds. The summed E-state index contributed by atoms with van der Waals surface area (Å²) in [5, 5.41) is 3.56. The standard InChI is InChI=1S/C14H21NO/c1-11-4-3-5-12(2)14(11)6-8-15-13-7-9-16-10-13/h3-5,13,15H,6-10H2,1-2H3. The van der Waals surface area contributed by atoms with Crippen molar-refractivity contribution >= 4 is 0 Å². The lowest BCUT2D eigenvalue weighted by molar-refractivity contribution is 0.190. The van der Waals surface area contributed by atoms with Crippen LogP contribution >= 0.6 is 0 Å². The third-order valence-corrected chi connectivity index (χ3v) is 3.38. The first-order valence-corrected chi connectivity index (χ1v) is 6.13. The molecule has 2 heteroatoms. The van der Waals surface area contributed by atoms with Crippen molar-refractivity contribution in [3.05, 3.63) is 34.9 Å². The molecule has 1 unspecified atom stereocenters. The summed E-state index contributed by atoms with van der Waals surface area (Å²) in [4.78, 5) is 0. The van der Waals surface area contributed by atoms with E-state index in [0.29, 0.717) is 6.04 Å². The Balaban J connectivity index is 1.84. The fraction of sp³-hybridized carbons (Fsp3) is 0.571. The smallest absolute Gasteiger partial charge is 0.0620 e. The van der Waals surface area contributed by atoms with Crippen molar-refractivity contribution in [2.45, 2.75) is 32.7 Å². The zero-order chi connectivity index (χ0) is 11.4. The molecule has 0 spiro atoms. The Labute approximate surface area is 98.0 Å². The monoisotopic (exact) mass is 219 g/mol. The molecule has 2 rings (SSSR count). The summed E-state index contributed by atoms with van der Waals surface area (Å²) in [7, 11) is 0. The Morgan fingerprint density at radius 1 is 1.31 bits per heavy atom. The van der Waals surface area contributed by atoms with Gasteiger partial charge in [-0.25, -0.2) is 0 Å². The van der Waals surface area contributed by atoms with Crippen molar-refractivity contribution in [2.75, 3.05) is 19.8 Å². The zero-order valence-electron chi connectivity index (χ0n) is 10.3. The molecule has 1 fully saturated rings. The van der Waals surface area contributed by atoms with Crippen molar-refractivity contribution in [1.82, 2.24) is 5.32 Å². The quantitative estimate of drug-likeness (QED) is 0.838. The minimum Gasteiger partial charge on any atom is -0.380 e. The van der Waals surface area contributed by atoms with Crippen molar-refractivity contribution in [3.8, 4) is 0 Å². The summed E-state index contributed by atoms with van der Waals surface area (Å²) in [6.07, 6.45) is 2.28. The molecule has 1 aliphatic rings. The SMILES string of the molecule is Cc1cccc(C)c1CCNC1CCOC1. The molecule has 16 heavy (non-hydrogen) atoms. The fourth-order valence-electron chi connectivity index (χ4n) is 2.34. The van der Waals surface area contributed by atoms with Gasteiger partial charge in [0.1, 0.15) is 0 Å². The molecule has 1 aromatic rings. The van der Waals surface area contributed by atoms with E-state index in [-0.39, 0.29) is 0 Å². The van der Waals surface area contributed by atoms with Gasteiger partial charge in [-0.15, -0.1) is 0 Å². The lowest BCUT2D eigenvalue weighted by Crippen LogP contribution is -2.31. The number of hydrogen-bond donors (Lipinski definition) is 1. The van der Waals surface area contributed by atoms with Gasteiger partial charge in [-0.3, -0.25) is 0 Å². The van der Waals surface area contributed by atoms with Crippen LogP contribution < -0.4 is 5.32 Å². The van der Waals surface area contributed by atoms with Crippen LogP contribution in [0.4, 0.5) is 0 Å². The molecule has 0 aliphatic carbocycles. The maximum absolute atomic E-state index is 5.34. The molecule has 1 aromatic carbocycles. The van der Waals surface area contributed by atoms with Crippen LogP contribution in [0.25, 0.3) is 0 Å². The van der Waals surface area contributed by atoms with Crippen LogP contribution in [0.2, 0.25) is 0 Å². The van der Waals surface area contributed by atoms with E-state index in [9.17, 15) is 0 Å². The van der Waals surface area contributed by atoms with Crippen LogP contribution in [0.5, 0.6) is 0 Å². The first kappa shape index (κ1) is 11.6. The average Bonchev–Trinajstić information content (AvgIpc) is 2.75. The van der Waals surface area contributed by atoms with Crippen LogP contribution in [-0.4, -0.2) is 25.8 Å². The maximum Gasteiger partial charge on any atom is 0.0620 e. The highest BCUT2D eigenvalue weighted by atomic mass is 16.5. The van der Waals surface area contributed by atoms with E-state index in [4.69, 9.17) is 4.74 Å². The third kappa shape index (κ3) is 2.83. The van der Waals surface area contributed by atoms with Crippen LogP contribution in [-0.2, 0) is 11.2 Å². The number of hydrogen-bond acceptors (Lipinski definition) is 2. The summed E-state index contributed by atoms with van der Waals surface area (Å²) in [6.45, 7) is 7.25. The second kappa shape index (κ2) is 5.46. The van der Waals surface area contributed by atoms with Crippen LogP contribution in [0.1, 0.15) is 23.1 Å². The average molecular weight is 219 g/mol. The first-order valence-electron chi connectivity index (χ1n) is 6.13. The second-order valence-electron chi connectivity index (χ2n) is 4.63. The highest BCUT2D eigenvalue weighted by Crippen LogP contribution is 2.13. The van der Waals surface area contributed by atoms with Crippen LogP contribution in [0.15, 0.2) is 18.2 Å². The molecule has 2 nitrogen and oxygen atoms in total. The molecule has 88 valence electrons. The molecule has 1 heterocycles. The molecule has 1 aliphatic heterocycles. The summed E-state index contributed by atoms with van der Waals surface area (Å²) in [5.74, 6) is 0. The van der Waals surface area contributed by atoms with Gasteiger partial charge in [-0.2, -0.15) is 0 Å². The van der Waals surface area contributed by atoms with Crippen LogP contribution in [0.3, 0.4) is 0 Å². The fourth-order valence-corrected chi connectivity index (χ4v) is 2.34. The van der Waals surface area contributed by atoms with E-state index < -0.39 is 0 Å². The van der Waals surface area contributed by atoms with Gasteiger partial charge in [0.15, 0.2) is 0 Å². The Hall–Kier alpha value is -0.860. The molecule has 1 atom stereocenters. The van der Waals surface area contributed by atoms with E-state index in [0.717, 1.165) is 32.6 Å². The minimum absolute atomic E-state index is 0.573. The van der Waals surface area contributed by atoms with Crippen molar-refractivity contribution in [3.63, 3.8) is 0 Å². The predicted octanol–water partition coefficient (Wildman–Crippen LogP) is 2.22. The summed E-state index contributed by atoms with van der Waals surface area (Å²) < 4.78 is 5.34. The molecule has 0 bridgehead atoms. The largest absolute Gasteiger partial charge is 0.380 e. The summed E-state index contributed by atoms with van der Waals surface area (Å²) in [5.41, 5.74) is 4.31. The van der Waals surface area contributed by atoms with Crippen molar-refractivity contribution < 1.29 is 4.74 Å². The van der Waals surface area contributed by atoms with Gasteiger partial charge < -0.3 is 10.1 Å². The molecular weight excluding hydrogens is 198 g/mol. The number of rotatable bonds is 4. The van der Waals surface area contributed by atoms with E-state index in [1.54, 1.807) is 0 Å². The Kier molecular flexibility index (Phi) is 3.97. The Bertz CT molecular complexity index is 322. The molecule has 0 radical (unpaired) electrons. The molecule has 0 aromatic heterocycles. The van der Waals surface area contributed by atoms with Gasteiger partial charge in [0, 0.05) is 12.6 Å². The van der Waals surface area contributed by atoms with E-state index in [1.165, 1.54) is 16.7 Å². The van der Waals surface area contributed by atoms with E-state index in [2.05, 4.69) is 37.4 Å². The van der Waals surface area contributed by atoms with Gasteiger partial charge in [0.2, 0.25) is 0 Å². The number of aryl methyl sites for hydroxylation is 2. The number of ether oxygens (including phenoxy) is 1. The lowest BCUT2D eigenvalue weighted by Gasteiger charge is -2.13. The number of nitrogens with one attached hydrogen (secondary N) is 1. The lowest BCUT2D eigenvalue weighted by atomic mass is 10.00. The highest BCUT2D eigenvalue weighted by Gasteiger charge is 2.14. The first-order chi connectivity index (χ1) is 7.77. The highest BCUT2D eigenvalue weighted by molar-refractivity contribution is 5.33. The normalized spacial score (nSPS) is 20.2. The third-order valence-electron chi connectivity index (χ3n) is 3.38. The summed E-state index contributed by atoms with van der Waals surface area (Å²) >= 11 is 0. The molecule has 0 saturated carbocycles. The van der Waals surface area contributed by atoms with Gasteiger partial charge in [-0.05, 0) is 49.9 Å². The minimum atomic E-state index is 0.573. The van der Waals surface area contributed by atoms with Crippen molar-refractivity contribution in [1.29, 1.82) is 0 Å². The van der Waals surface area contributed by atoms with Gasteiger partial charge in [0.25, 0.3) is 0 Å². The Morgan fingerprint density at radius 2 is 2.06 bits per heavy atom. The van der Waals surface area contributed by atoms with Gasteiger partial charge >= 0.3 is 0 Å². The zero-order valence-corrected chi connectivity index (χ0v) is 10.3. The van der Waals surface area contributed by atoms with Crippen molar-refractivity contribution in [2.24, 2.45) is 0 Å². The molecule has 1 N–H and O–H groups in total. The van der Waals surface area contributed by atoms with Gasteiger partial charge in [0.05, 0.1) is 6.61 Å². The molecule has 1 saturated heterocycles. The van der Waals surface area contributed by atoms with Crippen LogP contribution in [0, 0.1) is 13.8 Å². The van der Waals surface area contributed by atoms with Gasteiger partial charge in [-0.1, -0.05) is 18.2 Å². The Morgan fingerprint density at radius 3 is 2.69 bits per heavy atom. The van der Waals surface area contributed by atoms with E-state index >= 15 is 0 Å². The summed E-state index contributed by atoms with van der Waals surface area (Å²) in [6, 6.07) is 7.10. The van der Waals surface area contributed by atoms with E-state index in [1.807, 2.05) is 0 Å².